The SMILES string of the molecule is CN1CCN(c2cc(C(=O)NCCCC(C)(C)CO)ccn2)CC1. The van der Waals surface area contributed by atoms with Crippen LogP contribution in [0.2, 0.25) is 0 Å². The van der Waals surface area contributed by atoms with E-state index in [0.29, 0.717) is 12.1 Å². The van der Waals surface area contributed by atoms with E-state index in [9.17, 15) is 9.90 Å². The molecule has 2 heterocycles. The van der Waals surface area contributed by atoms with E-state index in [0.717, 1.165) is 44.8 Å². The van der Waals surface area contributed by atoms with E-state index in [4.69, 9.17) is 0 Å². The molecule has 24 heavy (non-hydrogen) atoms. The van der Waals surface area contributed by atoms with Crippen molar-refractivity contribution in [2.75, 3.05) is 51.3 Å². The van der Waals surface area contributed by atoms with Gasteiger partial charge in [0.1, 0.15) is 5.82 Å². The summed E-state index contributed by atoms with van der Waals surface area (Å²) in [7, 11) is 2.12. The minimum atomic E-state index is -0.0873. The van der Waals surface area contributed by atoms with Gasteiger partial charge < -0.3 is 20.2 Å². The summed E-state index contributed by atoms with van der Waals surface area (Å²) >= 11 is 0. The van der Waals surface area contributed by atoms with Crippen LogP contribution in [0.15, 0.2) is 18.3 Å². The number of hydrogen-bond donors (Lipinski definition) is 2. The van der Waals surface area contributed by atoms with Crippen LogP contribution in [0, 0.1) is 5.41 Å². The maximum Gasteiger partial charge on any atom is 0.251 e. The highest BCUT2D eigenvalue weighted by molar-refractivity contribution is 5.94. The molecule has 0 aromatic carbocycles. The largest absolute Gasteiger partial charge is 0.396 e. The zero-order valence-electron chi connectivity index (χ0n) is 15.1. The Morgan fingerprint density at radius 1 is 1.33 bits per heavy atom. The molecule has 2 N–H and O–H groups in total. The fourth-order valence-electron chi connectivity index (χ4n) is 2.72. The second-order valence-electron chi connectivity index (χ2n) is 7.37. The second kappa shape index (κ2) is 8.44. The Morgan fingerprint density at radius 2 is 2.04 bits per heavy atom. The van der Waals surface area contributed by atoms with Gasteiger partial charge in [0.2, 0.25) is 0 Å². The van der Waals surface area contributed by atoms with Crippen LogP contribution in [-0.4, -0.2) is 67.3 Å². The zero-order valence-corrected chi connectivity index (χ0v) is 15.1. The van der Waals surface area contributed by atoms with Gasteiger partial charge in [0.05, 0.1) is 0 Å². The van der Waals surface area contributed by atoms with Crippen molar-refractivity contribution in [1.82, 2.24) is 15.2 Å². The van der Waals surface area contributed by atoms with E-state index in [-0.39, 0.29) is 17.9 Å². The van der Waals surface area contributed by atoms with Gasteiger partial charge in [0.25, 0.3) is 5.91 Å². The van der Waals surface area contributed by atoms with Gasteiger partial charge in [-0.2, -0.15) is 0 Å². The maximum absolute atomic E-state index is 12.3. The Balaban J connectivity index is 1.85. The smallest absolute Gasteiger partial charge is 0.251 e. The van der Waals surface area contributed by atoms with E-state index in [1.165, 1.54) is 0 Å². The first-order valence-electron chi connectivity index (χ1n) is 8.70. The number of pyridine rings is 1. The molecular weight excluding hydrogens is 304 g/mol. The predicted molar refractivity (Wildman–Crippen MR) is 96.4 cm³/mol. The molecule has 0 spiro atoms. The molecule has 1 fully saturated rings. The molecular formula is C18H30N4O2. The number of nitrogens with one attached hydrogen (secondary N) is 1. The van der Waals surface area contributed by atoms with Gasteiger partial charge in [-0.15, -0.1) is 0 Å². The molecule has 0 unspecified atom stereocenters. The van der Waals surface area contributed by atoms with Crippen LogP contribution in [0.25, 0.3) is 0 Å². The highest BCUT2D eigenvalue weighted by Gasteiger charge is 2.17. The lowest BCUT2D eigenvalue weighted by atomic mass is 9.89. The fourth-order valence-corrected chi connectivity index (χ4v) is 2.72. The van der Waals surface area contributed by atoms with Gasteiger partial charge in [0.15, 0.2) is 0 Å². The monoisotopic (exact) mass is 334 g/mol. The summed E-state index contributed by atoms with van der Waals surface area (Å²) in [5, 5.41) is 12.2. The van der Waals surface area contributed by atoms with Gasteiger partial charge in [-0.25, -0.2) is 4.98 Å². The lowest BCUT2D eigenvalue weighted by Gasteiger charge is -2.33. The van der Waals surface area contributed by atoms with Crippen molar-refractivity contribution in [2.45, 2.75) is 26.7 Å². The van der Waals surface area contributed by atoms with Crippen LogP contribution in [0.1, 0.15) is 37.0 Å². The quantitative estimate of drug-likeness (QED) is 0.737. The number of amides is 1. The topological polar surface area (TPSA) is 68.7 Å². The maximum atomic E-state index is 12.3. The third-order valence-corrected chi connectivity index (χ3v) is 4.58. The number of aromatic nitrogens is 1. The van der Waals surface area contributed by atoms with Crippen LogP contribution in [0.3, 0.4) is 0 Å². The van der Waals surface area contributed by atoms with E-state index >= 15 is 0 Å². The Labute approximate surface area is 144 Å². The zero-order chi connectivity index (χ0) is 17.6. The summed E-state index contributed by atoms with van der Waals surface area (Å²) < 4.78 is 0. The third-order valence-electron chi connectivity index (χ3n) is 4.58. The van der Waals surface area contributed by atoms with Crippen LogP contribution in [0.4, 0.5) is 5.82 Å². The minimum absolute atomic E-state index is 0.0606. The van der Waals surface area contributed by atoms with Gasteiger partial charge in [-0.3, -0.25) is 4.79 Å². The number of anilines is 1. The van der Waals surface area contributed by atoms with Crippen LogP contribution in [-0.2, 0) is 0 Å². The number of nitrogens with zero attached hydrogens (tertiary/aromatic N) is 3. The number of hydrogen-bond acceptors (Lipinski definition) is 5. The molecule has 1 aromatic heterocycles. The highest BCUT2D eigenvalue weighted by Crippen LogP contribution is 2.20. The van der Waals surface area contributed by atoms with Gasteiger partial charge in [-0.1, -0.05) is 13.8 Å². The number of piperazine rings is 1. The molecule has 1 aromatic rings. The molecule has 0 aliphatic carbocycles. The lowest BCUT2D eigenvalue weighted by molar-refractivity contribution is 0.0948. The number of rotatable bonds is 7. The van der Waals surface area contributed by atoms with E-state index in [1.807, 2.05) is 19.9 Å². The van der Waals surface area contributed by atoms with Gasteiger partial charge in [-0.05, 0) is 37.4 Å². The normalized spacial score (nSPS) is 16.2. The summed E-state index contributed by atoms with van der Waals surface area (Å²) in [4.78, 5) is 21.2. The Bertz CT molecular complexity index is 540. The van der Waals surface area contributed by atoms with Crippen LogP contribution < -0.4 is 10.2 Å². The first-order valence-corrected chi connectivity index (χ1v) is 8.70. The summed E-state index contributed by atoms with van der Waals surface area (Å²) in [5.41, 5.74) is 0.566. The van der Waals surface area contributed by atoms with Crippen molar-refractivity contribution >= 4 is 11.7 Å². The molecule has 0 radical (unpaired) electrons. The molecule has 0 saturated carbocycles. The molecule has 0 bridgehead atoms. The second-order valence-corrected chi connectivity index (χ2v) is 7.37. The molecule has 1 amide bonds. The predicted octanol–water partition coefficient (Wildman–Crippen LogP) is 1.36. The van der Waals surface area contributed by atoms with Crippen LogP contribution in [0.5, 0.6) is 0 Å². The number of carbonyl (C=O) groups is 1. The Kier molecular flexibility index (Phi) is 6.57. The molecule has 0 atom stereocenters. The van der Waals surface area contributed by atoms with E-state index in [2.05, 4.69) is 27.1 Å². The first-order chi connectivity index (χ1) is 11.4. The molecule has 2 rings (SSSR count). The van der Waals surface area contributed by atoms with Crippen molar-refractivity contribution in [3.8, 4) is 0 Å². The Morgan fingerprint density at radius 3 is 2.71 bits per heavy atom. The van der Waals surface area contributed by atoms with Crippen molar-refractivity contribution in [1.29, 1.82) is 0 Å². The van der Waals surface area contributed by atoms with Gasteiger partial charge in [0, 0.05) is 51.1 Å². The number of aliphatic hydroxyl groups is 1. The molecule has 134 valence electrons. The van der Waals surface area contributed by atoms with Crippen molar-refractivity contribution < 1.29 is 9.90 Å². The van der Waals surface area contributed by atoms with Crippen molar-refractivity contribution in [2.24, 2.45) is 5.41 Å². The summed E-state index contributed by atoms with van der Waals surface area (Å²) in [6.07, 6.45) is 3.44. The first kappa shape index (κ1) is 18.7. The van der Waals surface area contributed by atoms with Crippen molar-refractivity contribution in [3.05, 3.63) is 23.9 Å². The average molecular weight is 334 g/mol. The van der Waals surface area contributed by atoms with E-state index < -0.39 is 0 Å². The van der Waals surface area contributed by atoms with Gasteiger partial charge >= 0.3 is 0 Å². The third kappa shape index (κ3) is 5.46. The molecule has 1 aliphatic rings. The van der Waals surface area contributed by atoms with Crippen LogP contribution >= 0.6 is 0 Å². The Hall–Kier alpha value is -1.66. The van der Waals surface area contributed by atoms with Crippen molar-refractivity contribution in [3.63, 3.8) is 0 Å². The fraction of sp³-hybridized carbons (Fsp3) is 0.667. The average Bonchev–Trinajstić information content (AvgIpc) is 2.59. The minimum Gasteiger partial charge on any atom is -0.396 e. The molecule has 1 saturated heterocycles. The number of likely N-dealkylation sites (N-methyl/N-ethyl adjacent to an activating group) is 1. The summed E-state index contributed by atoms with van der Waals surface area (Å²) in [6, 6.07) is 3.63. The van der Waals surface area contributed by atoms with E-state index in [1.54, 1.807) is 12.3 Å². The number of carbonyl (C=O) groups excluding carboxylic acids is 1. The molecule has 6 heteroatoms. The molecule has 1 aliphatic heterocycles. The summed E-state index contributed by atoms with van der Waals surface area (Å²) in [5.74, 6) is 0.812. The highest BCUT2D eigenvalue weighted by atomic mass is 16.3. The molecule has 6 nitrogen and oxygen atoms in total. The summed E-state index contributed by atoms with van der Waals surface area (Å²) in [6.45, 7) is 8.74. The number of aliphatic hydroxyl groups excluding tert-OH is 1. The lowest BCUT2D eigenvalue weighted by Crippen LogP contribution is -2.44. The standard InChI is InChI=1S/C18H30N4O2/c1-18(2,14-23)6-4-7-20-17(24)15-5-8-19-16(13-15)22-11-9-21(3)10-12-22/h5,8,13,23H,4,6-7,9-12,14H2,1-3H3,(H,20,24).